The number of halogens is 3. The van der Waals surface area contributed by atoms with E-state index in [9.17, 15) is 18.0 Å². The van der Waals surface area contributed by atoms with Gasteiger partial charge in [0.15, 0.2) is 0 Å². The van der Waals surface area contributed by atoms with Crippen molar-refractivity contribution in [3.63, 3.8) is 0 Å². The number of carbonyl (C=O) groups excluding carboxylic acids is 1. The molecule has 0 N–H and O–H groups in total. The van der Waals surface area contributed by atoms with E-state index in [1.807, 2.05) is 0 Å². The highest BCUT2D eigenvalue weighted by molar-refractivity contribution is 6.01. The zero-order valence-electron chi connectivity index (χ0n) is 7.77. The fourth-order valence-electron chi connectivity index (χ4n) is 1.31. The Bertz CT molecular complexity index is 372. The van der Waals surface area contributed by atoms with Crippen molar-refractivity contribution in [3.8, 4) is 0 Å². The normalized spacial score (nSPS) is 10.7. The van der Waals surface area contributed by atoms with Crippen LogP contribution in [0.4, 0.5) is 13.2 Å². The van der Waals surface area contributed by atoms with Gasteiger partial charge < -0.3 is 0 Å². The van der Waals surface area contributed by atoms with Gasteiger partial charge >= 0.3 is 6.43 Å². The molecule has 0 saturated carbocycles. The van der Waals surface area contributed by atoms with Gasteiger partial charge in [0.05, 0.1) is 0 Å². The summed E-state index contributed by atoms with van der Waals surface area (Å²) in [6, 6.07) is 2.48. The number of alkyl halides is 2. The molecule has 4 heteroatoms. The van der Waals surface area contributed by atoms with E-state index in [0.717, 1.165) is 6.07 Å². The van der Waals surface area contributed by atoms with Crippen LogP contribution in [0.5, 0.6) is 0 Å². The Labute approximate surface area is 79.5 Å². The van der Waals surface area contributed by atoms with Gasteiger partial charge in [0.2, 0.25) is 5.78 Å². The highest BCUT2D eigenvalue weighted by Crippen LogP contribution is 2.19. The Morgan fingerprint density at radius 1 is 1.29 bits per heavy atom. The highest BCUT2D eigenvalue weighted by Gasteiger charge is 2.22. The second kappa shape index (κ2) is 3.82. The monoisotopic (exact) mass is 202 g/mol. The molecule has 0 radical (unpaired) electrons. The predicted molar refractivity (Wildman–Crippen MR) is 46.2 cm³/mol. The molecule has 0 unspecified atom stereocenters. The van der Waals surface area contributed by atoms with E-state index >= 15 is 0 Å². The Balaban J connectivity index is 3.33. The number of Topliss-reactive ketones (excluding diaryl/α,β-unsaturated/α-hetero) is 1. The third kappa shape index (κ3) is 1.78. The minimum absolute atomic E-state index is 0.0182. The predicted octanol–water partition coefficient (Wildman–Crippen LogP) is 2.89. The lowest BCUT2D eigenvalue weighted by Gasteiger charge is -2.08. The summed E-state index contributed by atoms with van der Waals surface area (Å²) < 4.78 is 37.3. The van der Waals surface area contributed by atoms with Gasteiger partial charge in [-0.3, -0.25) is 4.79 Å². The number of ketones is 1. The minimum Gasteiger partial charge on any atom is -0.288 e. The second-order valence-electron chi connectivity index (χ2n) is 3.03. The first-order chi connectivity index (χ1) is 6.45. The topological polar surface area (TPSA) is 17.1 Å². The van der Waals surface area contributed by atoms with Crippen molar-refractivity contribution in [2.45, 2.75) is 20.3 Å². The highest BCUT2D eigenvalue weighted by atomic mass is 19.3. The maximum absolute atomic E-state index is 13.0. The molecule has 0 fully saturated rings. The van der Waals surface area contributed by atoms with Crippen molar-refractivity contribution in [2.75, 3.05) is 0 Å². The van der Waals surface area contributed by atoms with Crippen LogP contribution in [-0.2, 0) is 0 Å². The Morgan fingerprint density at radius 3 is 2.36 bits per heavy atom. The summed E-state index contributed by atoms with van der Waals surface area (Å²) in [5.41, 5.74) is 0.143. The molecule has 76 valence electrons. The molecule has 0 atom stereocenters. The van der Waals surface area contributed by atoms with Crippen LogP contribution in [0.2, 0.25) is 0 Å². The standard InChI is InChI=1S/C10H9F3O/c1-5-3-4-7(11)6(2)8(5)9(14)10(12)13/h3-4,10H,1-2H3. The minimum atomic E-state index is -3.09. The molecule has 1 rings (SSSR count). The van der Waals surface area contributed by atoms with E-state index in [4.69, 9.17) is 0 Å². The summed E-state index contributed by atoms with van der Waals surface area (Å²) in [6.07, 6.45) is -3.09. The third-order valence-electron chi connectivity index (χ3n) is 2.05. The quantitative estimate of drug-likeness (QED) is 0.674. The van der Waals surface area contributed by atoms with Gasteiger partial charge in [-0.05, 0) is 31.0 Å². The number of carbonyl (C=O) groups is 1. The number of hydrogen-bond donors (Lipinski definition) is 0. The molecule has 0 aliphatic heterocycles. The third-order valence-corrected chi connectivity index (χ3v) is 2.05. The van der Waals surface area contributed by atoms with Crippen LogP contribution in [0.15, 0.2) is 12.1 Å². The SMILES string of the molecule is Cc1ccc(F)c(C)c1C(=O)C(F)F. The lowest BCUT2D eigenvalue weighted by molar-refractivity contribution is 0.0676. The van der Waals surface area contributed by atoms with Crippen molar-refractivity contribution < 1.29 is 18.0 Å². The van der Waals surface area contributed by atoms with Crippen molar-refractivity contribution in [1.82, 2.24) is 0 Å². The molecule has 0 aliphatic rings. The molecule has 0 spiro atoms. The molecule has 0 heterocycles. The van der Waals surface area contributed by atoms with Crippen LogP contribution in [0.3, 0.4) is 0 Å². The molecule has 0 aromatic heterocycles. The fraction of sp³-hybridized carbons (Fsp3) is 0.300. The number of benzene rings is 1. The molecular formula is C10H9F3O. The van der Waals surface area contributed by atoms with Crippen LogP contribution in [0.1, 0.15) is 21.5 Å². The fourth-order valence-corrected chi connectivity index (χ4v) is 1.31. The summed E-state index contributed by atoms with van der Waals surface area (Å²) in [7, 11) is 0. The Hall–Kier alpha value is -1.32. The molecule has 0 aliphatic carbocycles. The zero-order valence-corrected chi connectivity index (χ0v) is 7.77. The Morgan fingerprint density at radius 2 is 1.86 bits per heavy atom. The first kappa shape index (κ1) is 10.8. The van der Waals surface area contributed by atoms with Crippen LogP contribution in [0, 0.1) is 19.7 Å². The maximum atomic E-state index is 13.0. The lowest BCUT2D eigenvalue weighted by Crippen LogP contribution is -2.14. The van der Waals surface area contributed by atoms with E-state index in [0.29, 0.717) is 5.56 Å². The summed E-state index contributed by atoms with van der Waals surface area (Å²) in [6.45, 7) is 2.82. The van der Waals surface area contributed by atoms with E-state index in [-0.39, 0.29) is 11.1 Å². The van der Waals surface area contributed by atoms with Crippen LogP contribution >= 0.6 is 0 Å². The number of hydrogen-bond acceptors (Lipinski definition) is 1. The molecule has 14 heavy (non-hydrogen) atoms. The zero-order chi connectivity index (χ0) is 10.9. The molecule has 0 bridgehead atoms. The van der Waals surface area contributed by atoms with Crippen LogP contribution in [0.25, 0.3) is 0 Å². The first-order valence-corrected chi connectivity index (χ1v) is 4.03. The average Bonchev–Trinajstić information content (AvgIpc) is 2.12. The lowest BCUT2D eigenvalue weighted by atomic mass is 9.99. The van der Waals surface area contributed by atoms with Crippen LogP contribution in [-0.4, -0.2) is 12.2 Å². The molecule has 0 saturated heterocycles. The maximum Gasteiger partial charge on any atom is 0.300 e. The average molecular weight is 202 g/mol. The van der Waals surface area contributed by atoms with E-state index in [2.05, 4.69) is 0 Å². The summed E-state index contributed by atoms with van der Waals surface area (Å²) in [5, 5.41) is 0. The summed E-state index contributed by atoms with van der Waals surface area (Å²) in [5.74, 6) is -1.96. The smallest absolute Gasteiger partial charge is 0.288 e. The molecule has 1 aromatic carbocycles. The largest absolute Gasteiger partial charge is 0.300 e. The molecule has 0 amide bonds. The van der Waals surface area contributed by atoms with E-state index in [1.165, 1.54) is 19.9 Å². The number of rotatable bonds is 2. The van der Waals surface area contributed by atoms with Crippen LogP contribution < -0.4 is 0 Å². The van der Waals surface area contributed by atoms with Crippen molar-refractivity contribution in [2.24, 2.45) is 0 Å². The van der Waals surface area contributed by atoms with Gasteiger partial charge in [0.25, 0.3) is 0 Å². The van der Waals surface area contributed by atoms with E-state index in [1.54, 1.807) is 0 Å². The van der Waals surface area contributed by atoms with Gasteiger partial charge in [-0.1, -0.05) is 6.07 Å². The first-order valence-electron chi connectivity index (χ1n) is 4.03. The van der Waals surface area contributed by atoms with Crippen molar-refractivity contribution >= 4 is 5.78 Å². The summed E-state index contributed by atoms with van der Waals surface area (Å²) in [4.78, 5) is 11.0. The Kier molecular flexibility index (Phi) is 2.93. The molecular weight excluding hydrogens is 193 g/mol. The molecule has 1 nitrogen and oxygen atoms in total. The van der Waals surface area contributed by atoms with Gasteiger partial charge in [-0.2, -0.15) is 0 Å². The van der Waals surface area contributed by atoms with Crippen molar-refractivity contribution in [1.29, 1.82) is 0 Å². The van der Waals surface area contributed by atoms with Gasteiger partial charge in [0.1, 0.15) is 5.82 Å². The molecule has 1 aromatic rings. The van der Waals surface area contributed by atoms with E-state index < -0.39 is 18.0 Å². The van der Waals surface area contributed by atoms with Gasteiger partial charge in [-0.25, -0.2) is 13.2 Å². The second-order valence-corrected chi connectivity index (χ2v) is 3.03. The van der Waals surface area contributed by atoms with Gasteiger partial charge in [-0.15, -0.1) is 0 Å². The van der Waals surface area contributed by atoms with Crippen molar-refractivity contribution in [3.05, 3.63) is 34.6 Å². The van der Waals surface area contributed by atoms with Gasteiger partial charge in [0, 0.05) is 5.56 Å². The summed E-state index contributed by atoms with van der Waals surface area (Å²) >= 11 is 0. The number of aryl methyl sites for hydroxylation is 1.